The molecule has 1 unspecified atom stereocenters. The maximum absolute atomic E-state index is 11.0. The Bertz CT molecular complexity index is 240. The zero-order valence-corrected chi connectivity index (χ0v) is 12.0. The van der Waals surface area contributed by atoms with Crippen LogP contribution in [-0.2, 0) is 4.79 Å². The van der Waals surface area contributed by atoms with Crippen LogP contribution in [0.5, 0.6) is 0 Å². The van der Waals surface area contributed by atoms with Crippen molar-refractivity contribution < 1.29 is 4.79 Å². The molecule has 1 fully saturated rings. The minimum atomic E-state index is -0.227. The minimum absolute atomic E-state index is 0. The molecular weight excluding hydrogens is 238 g/mol. The molecule has 17 heavy (non-hydrogen) atoms. The minimum Gasteiger partial charge on any atom is -0.369 e. The van der Waals surface area contributed by atoms with E-state index in [0.717, 1.165) is 26.2 Å². The zero-order valence-electron chi connectivity index (χ0n) is 11.2. The highest BCUT2D eigenvalue weighted by molar-refractivity contribution is 5.85. The highest BCUT2D eigenvalue weighted by Crippen LogP contribution is 2.25. The third kappa shape index (κ3) is 6.24. The van der Waals surface area contributed by atoms with Crippen LogP contribution in [-0.4, -0.2) is 43.5 Å². The summed E-state index contributed by atoms with van der Waals surface area (Å²) in [5.41, 5.74) is 5.59. The second kappa shape index (κ2) is 7.19. The van der Waals surface area contributed by atoms with Crippen LogP contribution in [0.2, 0.25) is 0 Å². The predicted octanol–water partition coefficient (Wildman–Crippen LogP) is 0.851. The molecule has 1 atom stereocenters. The Morgan fingerprint density at radius 2 is 2.18 bits per heavy atom. The molecular formula is C12H26ClN3O. The molecule has 4 nitrogen and oxygen atoms in total. The molecule has 102 valence electrons. The highest BCUT2D eigenvalue weighted by atomic mass is 35.5. The van der Waals surface area contributed by atoms with Crippen molar-refractivity contribution in [3.8, 4) is 0 Å². The first-order chi connectivity index (χ1) is 7.41. The van der Waals surface area contributed by atoms with Crippen LogP contribution in [0, 0.1) is 11.3 Å². The van der Waals surface area contributed by atoms with Crippen LogP contribution >= 0.6 is 12.4 Å². The van der Waals surface area contributed by atoms with Gasteiger partial charge in [0, 0.05) is 19.6 Å². The number of halogens is 1. The summed E-state index contributed by atoms with van der Waals surface area (Å²) in [5.74, 6) is 0.340. The first-order valence-electron chi connectivity index (χ1n) is 6.13. The lowest BCUT2D eigenvalue weighted by Crippen LogP contribution is -2.43. The highest BCUT2D eigenvalue weighted by Gasteiger charge is 2.31. The molecule has 1 aliphatic heterocycles. The maximum atomic E-state index is 11.0. The van der Waals surface area contributed by atoms with E-state index in [2.05, 4.69) is 31.0 Å². The number of nitrogens with two attached hydrogens (primary N) is 1. The van der Waals surface area contributed by atoms with E-state index in [0.29, 0.717) is 17.9 Å². The van der Waals surface area contributed by atoms with Gasteiger partial charge in [-0.1, -0.05) is 20.8 Å². The molecule has 1 rings (SSSR count). The number of rotatable bonds is 6. The van der Waals surface area contributed by atoms with Gasteiger partial charge in [0.15, 0.2) is 0 Å². The number of hydrogen-bond donors (Lipinski definition) is 2. The lowest BCUT2D eigenvalue weighted by molar-refractivity contribution is -0.119. The van der Waals surface area contributed by atoms with Gasteiger partial charge < -0.3 is 11.1 Å². The molecule has 0 spiro atoms. The van der Waals surface area contributed by atoms with Crippen LogP contribution in [0.4, 0.5) is 0 Å². The van der Waals surface area contributed by atoms with Gasteiger partial charge in [-0.15, -0.1) is 12.4 Å². The summed E-state index contributed by atoms with van der Waals surface area (Å²) < 4.78 is 0. The Kier molecular flexibility index (Phi) is 7.05. The van der Waals surface area contributed by atoms with Gasteiger partial charge in [0.05, 0.1) is 6.54 Å². The average molecular weight is 264 g/mol. The van der Waals surface area contributed by atoms with Gasteiger partial charge in [-0.25, -0.2) is 0 Å². The van der Waals surface area contributed by atoms with Crippen molar-refractivity contribution >= 4 is 18.3 Å². The largest absolute Gasteiger partial charge is 0.369 e. The van der Waals surface area contributed by atoms with E-state index in [4.69, 9.17) is 5.73 Å². The fourth-order valence-electron chi connectivity index (χ4n) is 2.47. The van der Waals surface area contributed by atoms with E-state index in [9.17, 15) is 4.79 Å². The lowest BCUT2D eigenvalue weighted by Gasteiger charge is -2.32. The van der Waals surface area contributed by atoms with E-state index in [1.54, 1.807) is 0 Å². The molecule has 1 heterocycles. The molecule has 0 radical (unpaired) electrons. The average Bonchev–Trinajstić information content (AvgIpc) is 2.48. The molecule has 1 amide bonds. The quantitative estimate of drug-likeness (QED) is 0.747. The number of carbonyl (C=O) groups is 1. The van der Waals surface area contributed by atoms with Gasteiger partial charge >= 0.3 is 0 Å². The van der Waals surface area contributed by atoms with Gasteiger partial charge in [-0.2, -0.15) is 0 Å². The molecule has 0 saturated carbocycles. The summed E-state index contributed by atoms with van der Waals surface area (Å²) in [5, 5.41) is 3.38. The first kappa shape index (κ1) is 16.7. The van der Waals surface area contributed by atoms with Crippen molar-refractivity contribution in [2.75, 3.05) is 32.7 Å². The van der Waals surface area contributed by atoms with Crippen molar-refractivity contribution in [1.29, 1.82) is 0 Å². The normalized spacial score (nSPS) is 24.1. The molecule has 1 saturated heterocycles. The zero-order chi connectivity index (χ0) is 12.2. The van der Waals surface area contributed by atoms with Gasteiger partial charge in [0.1, 0.15) is 0 Å². The maximum Gasteiger partial charge on any atom is 0.231 e. The van der Waals surface area contributed by atoms with E-state index < -0.39 is 0 Å². The standard InChI is InChI=1S/C12H25N3O.ClH/c1-10(2)6-15(7-11(13)16)9-12(3)4-5-14-8-12;/h10,14H,4-9H2,1-3H3,(H2,13,16);1H. The van der Waals surface area contributed by atoms with Gasteiger partial charge in [0.2, 0.25) is 5.91 Å². The third-order valence-corrected chi connectivity index (χ3v) is 3.07. The number of carbonyl (C=O) groups excluding carboxylic acids is 1. The van der Waals surface area contributed by atoms with Crippen molar-refractivity contribution in [2.45, 2.75) is 27.2 Å². The van der Waals surface area contributed by atoms with Crippen molar-refractivity contribution in [1.82, 2.24) is 10.2 Å². The number of amides is 1. The van der Waals surface area contributed by atoms with Gasteiger partial charge in [-0.3, -0.25) is 9.69 Å². The Morgan fingerprint density at radius 3 is 2.59 bits per heavy atom. The predicted molar refractivity (Wildman–Crippen MR) is 73.3 cm³/mol. The second-order valence-electron chi connectivity index (χ2n) is 5.77. The van der Waals surface area contributed by atoms with Crippen LogP contribution < -0.4 is 11.1 Å². The molecule has 0 aromatic carbocycles. The second-order valence-corrected chi connectivity index (χ2v) is 5.77. The molecule has 0 aromatic heterocycles. The summed E-state index contributed by atoms with van der Waals surface area (Å²) in [6, 6.07) is 0. The number of nitrogens with one attached hydrogen (secondary N) is 1. The van der Waals surface area contributed by atoms with Crippen molar-refractivity contribution in [3.05, 3.63) is 0 Å². The first-order valence-corrected chi connectivity index (χ1v) is 6.13. The van der Waals surface area contributed by atoms with Crippen LogP contribution in [0.15, 0.2) is 0 Å². The lowest BCUT2D eigenvalue weighted by atomic mass is 9.89. The Labute approximate surface area is 111 Å². The molecule has 0 aliphatic carbocycles. The fraction of sp³-hybridized carbons (Fsp3) is 0.917. The van der Waals surface area contributed by atoms with Crippen LogP contribution in [0.3, 0.4) is 0 Å². The summed E-state index contributed by atoms with van der Waals surface area (Å²) in [4.78, 5) is 13.2. The van der Waals surface area contributed by atoms with Crippen molar-refractivity contribution in [2.24, 2.45) is 17.1 Å². The van der Waals surface area contributed by atoms with Crippen molar-refractivity contribution in [3.63, 3.8) is 0 Å². The molecule has 1 aliphatic rings. The topological polar surface area (TPSA) is 58.4 Å². The van der Waals surface area contributed by atoms with Gasteiger partial charge in [0.25, 0.3) is 0 Å². The third-order valence-electron chi connectivity index (χ3n) is 3.07. The van der Waals surface area contributed by atoms with E-state index in [-0.39, 0.29) is 18.3 Å². The molecule has 0 aromatic rings. The summed E-state index contributed by atoms with van der Waals surface area (Å²) >= 11 is 0. The molecule has 3 N–H and O–H groups in total. The summed E-state index contributed by atoms with van der Waals surface area (Å²) in [6.07, 6.45) is 1.18. The SMILES string of the molecule is CC(C)CN(CC(N)=O)CC1(C)CCNC1.Cl. The fourth-order valence-corrected chi connectivity index (χ4v) is 2.47. The van der Waals surface area contributed by atoms with E-state index in [1.807, 2.05) is 0 Å². The Balaban J connectivity index is 0.00000256. The molecule has 5 heteroatoms. The Morgan fingerprint density at radius 1 is 1.53 bits per heavy atom. The monoisotopic (exact) mass is 263 g/mol. The Hall–Kier alpha value is -0.320. The van der Waals surface area contributed by atoms with Crippen LogP contribution in [0.1, 0.15) is 27.2 Å². The van der Waals surface area contributed by atoms with Crippen LogP contribution in [0.25, 0.3) is 0 Å². The number of nitrogens with zero attached hydrogens (tertiary/aromatic N) is 1. The van der Waals surface area contributed by atoms with Gasteiger partial charge in [-0.05, 0) is 24.3 Å². The summed E-state index contributed by atoms with van der Waals surface area (Å²) in [6.45, 7) is 11.0. The smallest absolute Gasteiger partial charge is 0.231 e. The van der Waals surface area contributed by atoms with E-state index in [1.165, 1.54) is 6.42 Å². The number of primary amides is 1. The summed E-state index contributed by atoms with van der Waals surface area (Å²) in [7, 11) is 0. The number of hydrogen-bond acceptors (Lipinski definition) is 3. The van der Waals surface area contributed by atoms with E-state index >= 15 is 0 Å². The molecule has 0 bridgehead atoms.